The van der Waals surface area contributed by atoms with Crippen molar-refractivity contribution in [2.24, 2.45) is 5.92 Å². The Morgan fingerprint density at radius 1 is 1.61 bits per heavy atom. The van der Waals surface area contributed by atoms with Crippen LogP contribution >= 0.6 is 11.6 Å². The Morgan fingerprint density at radius 2 is 2.39 bits per heavy atom. The van der Waals surface area contributed by atoms with E-state index in [2.05, 4.69) is 10.4 Å². The number of nitrogens with zero attached hydrogens (tertiary/aromatic N) is 2. The predicted molar refractivity (Wildman–Crippen MR) is 72.0 cm³/mol. The van der Waals surface area contributed by atoms with Crippen molar-refractivity contribution in [1.82, 2.24) is 15.1 Å². The summed E-state index contributed by atoms with van der Waals surface area (Å²) in [7, 11) is 0. The van der Waals surface area contributed by atoms with Gasteiger partial charge in [0.2, 0.25) is 0 Å². The van der Waals surface area contributed by atoms with Crippen LogP contribution in [0, 0.1) is 12.8 Å². The van der Waals surface area contributed by atoms with Gasteiger partial charge in [0.15, 0.2) is 0 Å². The SMILES string of the molecule is CCn1nc(C)cc1C(=O)NC1CCCC1CCl. The average molecular weight is 270 g/mol. The zero-order chi connectivity index (χ0) is 13.1. The van der Waals surface area contributed by atoms with Gasteiger partial charge in [-0.25, -0.2) is 0 Å². The topological polar surface area (TPSA) is 46.9 Å². The van der Waals surface area contributed by atoms with Crippen LogP contribution in [-0.4, -0.2) is 27.6 Å². The van der Waals surface area contributed by atoms with Crippen LogP contribution in [0.3, 0.4) is 0 Å². The summed E-state index contributed by atoms with van der Waals surface area (Å²) >= 11 is 5.93. The summed E-state index contributed by atoms with van der Waals surface area (Å²) in [6, 6.07) is 2.05. The van der Waals surface area contributed by atoms with E-state index in [1.165, 1.54) is 0 Å². The lowest BCUT2D eigenvalue weighted by Gasteiger charge is -2.18. The molecule has 0 saturated heterocycles. The van der Waals surface area contributed by atoms with Crippen molar-refractivity contribution >= 4 is 17.5 Å². The molecule has 1 amide bonds. The first-order chi connectivity index (χ1) is 8.65. The van der Waals surface area contributed by atoms with E-state index in [1.54, 1.807) is 4.68 Å². The van der Waals surface area contributed by atoms with Crippen molar-refractivity contribution in [3.05, 3.63) is 17.5 Å². The molecular formula is C13H20ClN3O. The van der Waals surface area contributed by atoms with Gasteiger partial charge in [0.1, 0.15) is 5.69 Å². The van der Waals surface area contributed by atoms with Crippen LogP contribution < -0.4 is 5.32 Å². The lowest BCUT2D eigenvalue weighted by molar-refractivity contribution is 0.0919. The van der Waals surface area contributed by atoms with E-state index < -0.39 is 0 Å². The first kappa shape index (κ1) is 13.4. The summed E-state index contributed by atoms with van der Waals surface area (Å²) in [5.74, 6) is 1.01. The fourth-order valence-electron chi connectivity index (χ4n) is 2.62. The van der Waals surface area contributed by atoms with Gasteiger partial charge in [-0.15, -0.1) is 11.6 Å². The van der Waals surface area contributed by atoms with Crippen molar-refractivity contribution in [3.8, 4) is 0 Å². The van der Waals surface area contributed by atoms with Crippen LogP contribution in [0.25, 0.3) is 0 Å². The van der Waals surface area contributed by atoms with Crippen LogP contribution in [0.5, 0.6) is 0 Å². The van der Waals surface area contributed by atoms with Crippen molar-refractivity contribution < 1.29 is 4.79 Å². The summed E-state index contributed by atoms with van der Waals surface area (Å²) in [4.78, 5) is 12.2. The lowest BCUT2D eigenvalue weighted by Crippen LogP contribution is -2.38. The Balaban J connectivity index is 2.07. The Kier molecular flexibility index (Phi) is 4.27. The number of nitrogens with one attached hydrogen (secondary N) is 1. The van der Waals surface area contributed by atoms with Crippen molar-refractivity contribution in [1.29, 1.82) is 0 Å². The molecule has 0 aliphatic heterocycles. The van der Waals surface area contributed by atoms with E-state index in [4.69, 9.17) is 11.6 Å². The van der Waals surface area contributed by atoms with E-state index in [0.29, 0.717) is 24.0 Å². The van der Waals surface area contributed by atoms with Gasteiger partial charge in [0.25, 0.3) is 5.91 Å². The van der Waals surface area contributed by atoms with Crippen molar-refractivity contribution in [2.75, 3.05) is 5.88 Å². The number of aryl methyl sites for hydroxylation is 2. The maximum atomic E-state index is 12.2. The summed E-state index contributed by atoms with van der Waals surface area (Å²) in [6.45, 7) is 4.60. The Hall–Kier alpha value is -1.03. The minimum absolute atomic E-state index is 0.0283. The highest BCUT2D eigenvalue weighted by molar-refractivity contribution is 6.18. The maximum Gasteiger partial charge on any atom is 0.269 e. The number of carbonyl (C=O) groups excluding carboxylic acids is 1. The normalized spacial score (nSPS) is 23.3. The summed E-state index contributed by atoms with van der Waals surface area (Å²) in [5, 5.41) is 7.39. The Morgan fingerprint density at radius 3 is 3.06 bits per heavy atom. The summed E-state index contributed by atoms with van der Waals surface area (Å²) < 4.78 is 1.75. The van der Waals surface area contributed by atoms with E-state index in [-0.39, 0.29) is 11.9 Å². The Bertz CT molecular complexity index is 430. The monoisotopic (exact) mass is 269 g/mol. The molecule has 1 aromatic rings. The number of hydrogen-bond donors (Lipinski definition) is 1. The van der Waals surface area contributed by atoms with Crippen LogP contribution in [0.15, 0.2) is 6.07 Å². The largest absolute Gasteiger partial charge is 0.348 e. The smallest absolute Gasteiger partial charge is 0.269 e. The number of amides is 1. The summed E-state index contributed by atoms with van der Waals surface area (Å²) in [5.41, 5.74) is 1.53. The molecule has 5 heteroatoms. The zero-order valence-corrected chi connectivity index (χ0v) is 11.7. The second kappa shape index (κ2) is 5.74. The van der Waals surface area contributed by atoms with Gasteiger partial charge >= 0.3 is 0 Å². The molecule has 0 spiro atoms. The molecule has 2 rings (SSSR count). The van der Waals surface area contributed by atoms with Gasteiger partial charge in [0, 0.05) is 18.5 Å². The molecule has 1 aliphatic carbocycles. The standard InChI is InChI=1S/C13H20ClN3O/c1-3-17-12(7-9(2)16-17)13(18)15-11-6-4-5-10(11)8-14/h7,10-11H,3-6,8H2,1-2H3,(H,15,18). The molecule has 1 aromatic heterocycles. The van der Waals surface area contributed by atoms with Crippen molar-refractivity contribution in [2.45, 2.75) is 45.7 Å². The number of rotatable bonds is 4. The molecule has 1 saturated carbocycles. The molecule has 18 heavy (non-hydrogen) atoms. The fraction of sp³-hybridized carbons (Fsp3) is 0.692. The zero-order valence-electron chi connectivity index (χ0n) is 10.9. The molecular weight excluding hydrogens is 250 g/mol. The molecule has 2 unspecified atom stereocenters. The van der Waals surface area contributed by atoms with E-state index in [0.717, 1.165) is 25.0 Å². The number of aromatic nitrogens is 2. The lowest BCUT2D eigenvalue weighted by atomic mass is 10.1. The number of halogens is 1. The summed E-state index contributed by atoms with van der Waals surface area (Å²) in [6.07, 6.45) is 3.29. The van der Waals surface area contributed by atoms with E-state index in [1.807, 2.05) is 19.9 Å². The third kappa shape index (κ3) is 2.69. The van der Waals surface area contributed by atoms with E-state index in [9.17, 15) is 4.79 Å². The van der Waals surface area contributed by atoms with E-state index >= 15 is 0 Å². The highest BCUT2D eigenvalue weighted by atomic mass is 35.5. The molecule has 0 aromatic carbocycles. The van der Waals surface area contributed by atoms with Crippen LogP contribution in [0.2, 0.25) is 0 Å². The minimum atomic E-state index is -0.0283. The second-order valence-corrected chi connectivity index (χ2v) is 5.22. The first-order valence-electron chi connectivity index (χ1n) is 6.57. The number of alkyl halides is 1. The number of carbonyl (C=O) groups is 1. The van der Waals surface area contributed by atoms with Gasteiger partial charge in [-0.3, -0.25) is 9.48 Å². The van der Waals surface area contributed by atoms with Crippen LogP contribution in [-0.2, 0) is 6.54 Å². The second-order valence-electron chi connectivity index (χ2n) is 4.91. The van der Waals surface area contributed by atoms with Crippen molar-refractivity contribution in [3.63, 3.8) is 0 Å². The van der Waals surface area contributed by atoms with Crippen LogP contribution in [0.1, 0.15) is 42.4 Å². The molecule has 100 valence electrons. The average Bonchev–Trinajstić information content (AvgIpc) is 2.94. The third-order valence-electron chi connectivity index (χ3n) is 3.61. The first-order valence-corrected chi connectivity index (χ1v) is 7.10. The van der Waals surface area contributed by atoms with Gasteiger partial charge in [0.05, 0.1) is 5.69 Å². The molecule has 1 fully saturated rings. The molecule has 4 nitrogen and oxygen atoms in total. The maximum absolute atomic E-state index is 12.2. The Labute approximate surface area is 113 Å². The molecule has 0 radical (unpaired) electrons. The number of hydrogen-bond acceptors (Lipinski definition) is 2. The van der Waals surface area contributed by atoms with Gasteiger partial charge in [-0.2, -0.15) is 5.10 Å². The molecule has 1 N–H and O–H groups in total. The fourth-order valence-corrected chi connectivity index (χ4v) is 2.99. The molecule has 0 bridgehead atoms. The molecule has 1 aliphatic rings. The quantitative estimate of drug-likeness (QED) is 0.853. The molecule has 2 atom stereocenters. The highest BCUT2D eigenvalue weighted by Crippen LogP contribution is 2.26. The van der Waals surface area contributed by atoms with Gasteiger partial charge < -0.3 is 5.32 Å². The van der Waals surface area contributed by atoms with Gasteiger partial charge in [-0.05, 0) is 38.7 Å². The third-order valence-corrected chi connectivity index (χ3v) is 4.00. The highest BCUT2D eigenvalue weighted by Gasteiger charge is 2.28. The van der Waals surface area contributed by atoms with Gasteiger partial charge in [-0.1, -0.05) is 6.42 Å². The predicted octanol–water partition coefficient (Wildman–Crippen LogP) is 2.35. The molecule has 1 heterocycles. The van der Waals surface area contributed by atoms with Crippen LogP contribution in [0.4, 0.5) is 0 Å². The minimum Gasteiger partial charge on any atom is -0.348 e.